The number of carbonyl (C=O) groups excluding carboxylic acids is 1. The lowest BCUT2D eigenvalue weighted by molar-refractivity contribution is 0.0947. The number of aromatic amines is 1. The number of aryl methyl sites for hydroxylation is 1. The zero-order valence-electron chi connectivity index (χ0n) is 12.2. The summed E-state index contributed by atoms with van der Waals surface area (Å²) in [5.41, 5.74) is 1.03. The van der Waals surface area contributed by atoms with Crippen molar-refractivity contribution in [2.24, 2.45) is 0 Å². The molecule has 0 aromatic carbocycles. The molecule has 0 bridgehead atoms. The molecule has 0 unspecified atom stereocenters. The number of amides is 1. The summed E-state index contributed by atoms with van der Waals surface area (Å²) in [5, 5.41) is 15.6. The van der Waals surface area contributed by atoms with E-state index >= 15 is 0 Å². The average molecular weight is 329 g/mol. The van der Waals surface area contributed by atoms with Crippen LogP contribution in [0.25, 0.3) is 10.6 Å². The van der Waals surface area contributed by atoms with Gasteiger partial charge in [0.2, 0.25) is 0 Å². The minimum atomic E-state index is -0.238. The van der Waals surface area contributed by atoms with Gasteiger partial charge in [-0.05, 0) is 30.0 Å². The summed E-state index contributed by atoms with van der Waals surface area (Å²) in [4.78, 5) is 24.5. The molecule has 0 spiro atoms. The van der Waals surface area contributed by atoms with Gasteiger partial charge in [0.25, 0.3) is 11.5 Å². The van der Waals surface area contributed by atoms with Crippen molar-refractivity contribution in [2.75, 3.05) is 6.54 Å². The highest BCUT2D eigenvalue weighted by Gasteiger charge is 2.11. The number of hydrogen-bond acceptors (Lipinski definition) is 5. The normalized spacial score (nSPS) is 10.6. The maximum absolute atomic E-state index is 12.0. The van der Waals surface area contributed by atoms with E-state index in [4.69, 9.17) is 0 Å². The van der Waals surface area contributed by atoms with Gasteiger partial charge >= 0.3 is 0 Å². The Hall–Kier alpha value is -2.74. The first-order valence-electron chi connectivity index (χ1n) is 7.13. The molecule has 3 heterocycles. The van der Waals surface area contributed by atoms with Crippen LogP contribution in [-0.4, -0.2) is 32.4 Å². The quantitative estimate of drug-likeness (QED) is 0.671. The molecule has 0 saturated heterocycles. The molecule has 7 nitrogen and oxygen atoms in total. The number of carbonyl (C=O) groups is 1. The predicted molar refractivity (Wildman–Crippen MR) is 87.3 cm³/mol. The van der Waals surface area contributed by atoms with E-state index in [1.54, 1.807) is 29.7 Å². The highest BCUT2D eigenvalue weighted by Crippen LogP contribution is 2.22. The second-order valence-electron chi connectivity index (χ2n) is 4.84. The van der Waals surface area contributed by atoms with E-state index in [1.165, 1.54) is 10.7 Å². The Balaban J connectivity index is 1.50. The molecule has 0 atom stereocenters. The smallest absolute Gasteiger partial charge is 0.271 e. The third-order valence-electron chi connectivity index (χ3n) is 3.21. The molecule has 8 heteroatoms. The van der Waals surface area contributed by atoms with Crippen LogP contribution in [0.3, 0.4) is 0 Å². The van der Waals surface area contributed by atoms with E-state index in [9.17, 15) is 9.59 Å². The summed E-state index contributed by atoms with van der Waals surface area (Å²) < 4.78 is 1.37. The number of hydrogen-bond donors (Lipinski definition) is 2. The lowest BCUT2D eigenvalue weighted by Crippen LogP contribution is -2.28. The lowest BCUT2D eigenvalue weighted by Gasteiger charge is -2.04. The summed E-state index contributed by atoms with van der Waals surface area (Å²) in [6.07, 6.45) is 2.18. The van der Waals surface area contributed by atoms with E-state index in [-0.39, 0.29) is 11.5 Å². The van der Waals surface area contributed by atoms with Crippen molar-refractivity contribution in [1.82, 2.24) is 25.3 Å². The van der Waals surface area contributed by atoms with Crippen LogP contribution in [0.5, 0.6) is 0 Å². The van der Waals surface area contributed by atoms with Crippen LogP contribution in [0.1, 0.15) is 16.9 Å². The predicted octanol–water partition coefficient (Wildman–Crippen LogP) is 1.51. The van der Waals surface area contributed by atoms with Gasteiger partial charge in [-0.25, -0.2) is 4.68 Å². The second kappa shape index (κ2) is 7.01. The molecule has 0 aliphatic heterocycles. The van der Waals surface area contributed by atoms with Gasteiger partial charge in [0.15, 0.2) is 5.69 Å². The zero-order chi connectivity index (χ0) is 16.1. The Morgan fingerprint density at radius 3 is 3.04 bits per heavy atom. The molecule has 0 radical (unpaired) electrons. The van der Waals surface area contributed by atoms with E-state index in [0.717, 1.165) is 10.6 Å². The molecule has 0 aliphatic rings. The molecule has 1 amide bonds. The second-order valence-corrected chi connectivity index (χ2v) is 5.79. The van der Waals surface area contributed by atoms with Crippen molar-refractivity contribution in [3.05, 3.63) is 58.0 Å². The van der Waals surface area contributed by atoms with Crippen LogP contribution in [0, 0.1) is 0 Å². The van der Waals surface area contributed by atoms with E-state index < -0.39 is 0 Å². The van der Waals surface area contributed by atoms with Crippen molar-refractivity contribution >= 4 is 17.2 Å². The number of rotatable bonds is 6. The SMILES string of the molecule is O=C(NCCCn1ncccc1=O)c1cc(-c2cccs2)[nH]n1. The fourth-order valence-electron chi connectivity index (χ4n) is 2.07. The number of nitrogens with one attached hydrogen (secondary N) is 2. The van der Waals surface area contributed by atoms with Gasteiger partial charge in [-0.1, -0.05) is 6.07 Å². The summed E-state index contributed by atoms with van der Waals surface area (Å²) >= 11 is 1.58. The largest absolute Gasteiger partial charge is 0.351 e. The van der Waals surface area contributed by atoms with Crippen LogP contribution in [0.15, 0.2) is 46.7 Å². The van der Waals surface area contributed by atoms with Gasteiger partial charge in [-0.2, -0.15) is 10.2 Å². The maximum Gasteiger partial charge on any atom is 0.271 e. The Morgan fingerprint density at radius 2 is 2.26 bits per heavy atom. The molecule has 0 saturated carbocycles. The Kier molecular flexibility index (Phi) is 4.62. The third kappa shape index (κ3) is 3.72. The first-order chi connectivity index (χ1) is 11.2. The van der Waals surface area contributed by atoms with Crippen LogP contribution in [0.2, 0.25) is 0 Å². The molecule has 23 heavy (non-hydrogen) atoms. The first-order valence-corrected chi connectivity index (χ1v) is 8.01. The maximum atomic E-state index is 12.0. The molecule has 0 aliphatic carbocycles. The highest BCUT2D eigenvalue weighted by atomic mass is 32.1. The molecule has 3 aromatic heterocycles. The van der Waals surface area contributed by atoms with Gasteiger partial charge in [0.1, 0.15) is 0 Å². The van der Waals surface area contributed by atoms with Crippen LogP contribution in [-0.2, 0) is 6.54 Å². The minimum absolute atomic E-state index is 0.147. The third-order valence-corrected chi connectivity index (χ3v) is 4.12. The molecule has 2 N–H and O–H groups in total. The first kappa shape index (κ1) is 15.2. The Bertz CT molecular complexity index is 837. The van der Waals surface area contributed by atoms with Crippen LogP contribution in [0.4, 0.5) is 0 Å². The monoisotopic (exact) mass is 329 g/mol. The summed E-state index contributed by atoms with van der Waals surface area (Å²) in [7, 11) is 0. The fourth-order valence-corrected chi connectivity index (χ4v) is 2.76. The van der Waals surface area contributed by atoms with Crippen molar-refractivity contribution < 1.29 is 4.79 Å². The molecule has 3 rings (SSSR count). The Morgan fingerprint density at radius 1 is 1.35 bits per heavy atom. The van der Waals surface area contributed by atoms with Crippen molar-refractivity contribution in [3.8, 4) is 10.6 Å². The molecular formula is C15H15N5O2S. The molecular weight excluding hydrogens is 314 g/mol. The lowest BCUT2D eigenvalue weighted by atomic mass is 10.3. The summed E-state index contributed by atoms with van der Waals surface area (Å²) in [6.45, 7) is 0.907. The Labute approximate surface area is 136 Å². The van der Waals surface area contributed by atoms with Gasteiger partial charge in [0.05, 0.1) is 10.6 Å². The molecule has 3 aromatic rings. The molecule has 0 fully saturated rings. The minimum Gasteiger partial charge on any atom is -0.351 e. The fraction of sp³-hybridized carbons (Fsp3) is 0.200. The van der Waals surface area contributed by atoms with Gasteiger partial charge in [-0.3, -0.25) is 14.7 Å². The van der Waals surface area contributed by atoms with Crippen LogP contribution >= 0.6 is 11.3 Å². The van der Waals surface area contributed by atoms with E-state index in [2.05, 4.69) is 20.6 Å². The van der Waals surface area contributed by atoms with Crippen LogP contribution < -0.4 is 10.9 Å². The zero-order valence-corrected chi connectivity index (χ0v) is 13.0. The summed E-state index contributed by atoms with van der Waals surface area (Å²) in [5.74, 6) is -0.238. The highest BCUT2D eigenvalue weighted by molar-refractivity contribution is 7.13. The van der Waals surface area contributed by atoms with E-state index in [1.807, 2.05) is 17.5 Å². The molecule has 118 valence electrons. The topological polar surface area (TPSA) is 92.7 Å². The standard InChI is InChI=1S/C15H15N5O2S/c21-14-5-1-7-17-20(14)8-3-6-16-15(22)12-10-11(18-19-12)13-4-2-9-23-13/h1-2,4-5,7,9-10H,3,6,8H2,(H,16,22)(H,18,19). The van der Waals surface area contributed by atoms with Crippen molar-refractivity contribution in [1.29, 1.82) is 0 Å². The van der Waals surface area contributed by atoms with Crippen molar-refractivity contribution in [3.63, 3.8) is 0 Å². The number of nitrogens with zero attached hydrogens (tertiary/aromatic N) is 3. The summed E-state index contributed by atoms with van der Waals surface area (Å²) in [6, 6.07) is 8.69. The van der Waals surface area contributed by atoms with Gasteiger partial charge < -0.3 is 5.32 Å². The van der Waals surface area contributed by atoms with Gasteiger partial charge in [0, 0.05) is 25.4 Å². The number of aromatic nitrogens is 4. The number of H-pyrrole nitrogens is 1. The number of thiophene rings is 1. The van der Waals surface area contributed by atoms with Gasteiger partial charge in [-0.15, -0.1) is 11.3 Å². The average Bonchev–Trinajstić information content (AvgIpc) is 3.23. The van der Waals surface area contributed by atoms with Crippen molar-refractivity contribution in [2.45, 2.75) is 13.0 Å². The van der Waals surface area contributed by atoms with E-state index in [0.29, 0.717) is 25.2 Å².